The molecule has 1 amide bonds. The predicted molar refractivity (Wildman–Crippen MR) is 132 cm³/mol. The number of rotatable bonds is 6. The first-order chi connectivity index (χ1) is 15.8. The van der Waals surface area contributed by atoms with Gasteiger partial charge in [0.15, 0.2) is 12.4 Å². The molecular formula is C27H24ClNO4. The van der Waals surface area contributed by atoms with E-state index in [4.69, 9.17) is 20.8 Å². The fourth-order valence-corrected chi connectivity index (χ4v) is 3.78. The van der Waals surface area contributed by atoms with Crippen molar-refractivity contribution in [3.8, 4) is 17.1 Å². The molecule has 0 radical (unpaired) electrons. The van der Waals surface area contributed by atoms with E-state index in [1.807, 2.05) is 37.3 Å². The third kappa shape index (κ3) is 4.94. The maximum Gasteiger partial charge on any atom is 0.262 e. The van der Waals surface area contributed by atoms with Gasteiger partial charge < -0.3 is 14.5 Å². The molecule has 0 atom stereocenters. The van der Waals surface area contributed by atoms with Crippen molar-refractivity contribution in [3.63, 3.8) is 0 Å². The van der Waals surface area contributed by atoms with Crippen molar-refractivity contribution in [3.05, 3.63) is 93.1 Å². The summed E-state index contributed by atoms with van der Waals surface area (Å²) in [7, 11) is 0. The van der Waals surface area contributed by atoms with Gasteiger partial charge in [-0.1, -0.05) is 55.3 Å². The third-order valence-corrected chi connectivity index (χ3v) is 5.57. The van der Waals surface area contributed by atoms with Gasteiger partial charge in [-0.15, -0.1) is 0 Å². The molecule has 5 nitrogen and oxygen atoms in total. The van der Waals surface area contributed by atoms with E-state index in [1.165, 1.54) is 0 Å². The summed E-state index contributed by atoms with van der Waals surface area (Å²) in [5.41, 5.74) is 3.40. The normalized spacial score (nSPS) is 11.1. The van der Waals surface area contributed by atoms with Gasteiger partial charge in [-0.2, -0.15) is 0 Å². The lowest BCUT2D eigenvalue weighted by Gasteiger charge is -2.15. The summed E-state index contributed by atoms with van der Waals surface area (Å²) in [4.78, 5) is 26.0. The number of hydrogen-bond donors (Lipinski definition) is 1. The fraction of sp³-hybridized carbons (Fsp3) is 0.185. The summed E-state index contributed by atoms with van der Waals surface area (Å²) in [6, 6.07) is 19.9. The lowest BCUT2D eigenvalue weighted by molar-refractivity contribution is -0.118. The highest BCUT2D eigenvalue weighted by atomic mass is 35.5. The highest BCUT2D eigenvalue weighted by Gasteiger charge is 2.19. The van der Waals surface area contributed by atoms with Crippen molar-refractivity contribution in [1.82, 2.24) is 0 Å². The first-order valence-electron chi connectivity index (χ1n) is 10.7. The molecule has 1 N–H and O–H groups in total. The molecule has 0 fully saturated rings. The van der Waals surface area contributed by atoms with Crippen LogP contribution in [0.4, 0.5) is 5.69 Å². The molecule has 3 aromatic carbocycles. The van der Waals surface area contributed by atoms with Gasteiger partial charge >= 0.3 is 0 Å². The predicted octanol–water partition coefficient (Wildman–Crippen LogP) is 6.56. The van der Waals surface area contributed by atoms with Crippen molar-refractivity contribution in [2.75, 3.05) is 11.9 Å². The Balaban J connectivity index is 1.68. The van der Waals surface area contributed by atoms with Crippen LogP contribution in [0, 0.1) is 6.92 Å². The van der Waals surface area contributed by atoms with Crippen molar-refractivity contribution < 1.29 is 13.9 Å². The maximum absolute atomic E-state index is 13.3. The van der Waals surface area contributed by atoms with E-state index in [2.05, 4.69) is 19.2 Å². The molecule has 4 rings (SSSR count). The molecule has 0 saturated heterocycles. The van der Waals surface area contributed by atoms with Gasteiger partial charge in [0, 0.05) is 16.3 Å². The Labute approximate surface area is 197 Å². The SMILES string of the molecule is Cc1ccc2oc(-c3ccc(Cl)cc3)c(OCC(=O)Nc3ccccc3C(C)C)c(=O)c2c1. The van der Waals surface area contributed by atoms with Crippen LogP contribution in [-0.2, 0) is 4.79 Å². The summed E-state index contributed by atoms with van der Waals surface area (Å²) in [5, 5.41) is 3.84. The van der Waals surface area contributed by atoms with Gasteiger partial charge in [0.2, 0.25) is 11.2 Å². The number of halogens is 1. The zero-order valence-electron chi connectivity index (χ0n) is 18.6. The minimum Gasteiger partial charge on any atom is -0.476 e. The molecule has 1 heterocycles. The van der Waals surface area contributed by atoms with E-state index < -0.39 is 0 Å². The molecule has 6 heteroatoms. The average molecular weight is 462 g/mol. The summed E-state index contributed by atoms with van der Waals surface area (Å²) in [6.45, 7) is 5.67. The highest BCUT2D eigenvalue weighted by Crippen LogP contribution is 2.32. The number of anilines is 1. The fourth-order valence-electron chi connectivity index (χ4n) is 3.65. The van der Waals surface area contributed by atoms with E-state index in [-0.39, 0.29) is 35.4 Å². The minimum absolute atomic E-state index is 0.0114. The molecule has 33 heavy (non-hydrogen) atoms. The monoisotopic (exact) mass is 461 g/mol. The Kier molecular flexibility index (Phi) is 6.52. The van der Waals surface area contributed by atoms with E-state index in [1.54, 1.807) is 36.4 Å². The van der Waals surface area contributed by atoms with Crippen molar-refractivity contribution in [1.29, 1.82) is 0 Å². The summed E-state index contributed by atoms with van der Waals surface area (Å²) in [5.74, 6) is 0.120. The van der Waals surface area contributed by atoms with Crippen LogP contribution in [0.5, 0.6) is 5.75 Å². The zero-order chi connectivity index (χ0) is 23.5. The Morgan fingerprint density at radius 2 is 1.79 bits per heavy atom. The number of ether oxygens (including phenoxy) is 1. The van der Waals surface area contributed by atoms with Gasteiger partial charge in [-0.3, -0.25) is 9.59 Å². The number of amides is 1. The van der Waals surface area contributed by atoms with E-state index >= 15 is 0 Å². The first kappa shape index (κ1) is 22.6. The molecule has 0 aliphatic carbocycles. The van der Waals surface area contributed by atoms with E-state index in [0.29, 0.717) is 21.6 Å². The van der Waals surface area contributed by atoms with Gasteiger partial charge in [-0.05, 0) is 60.9 Å². The zero-order valence-corrected chi connectivity index (χ0v) is 19.4. The second kappa shape index (κ2) is 9.51. The Hall–Kier alpha value is -3.57. The number of nitrogens with one attached hydrogen (secondary N) is 1. The number of para-hydroxylation sites is 1. The quantitative estimate of drug-likeness (QED) is 0.353. The number of carbonyl (C=O) groups excluding carboxylic acids is 1. The van der Waals surface area contributed by atoms with Gasteiger partial charge in [0.1, 0.15) is 5.58 Å². The molecule has 0 unspecified atom stereocenters. The van der Waals surface area contributed by atoms with Crippen LogP contribution in [-0.4, -0.2) is 12.5 Å². The molecule has 0 saturated carbocycles. The third-order valence-electron chi connectivity index (χ3n) is 5.32. The molecule has 4 aromatic rings. The molecule has 0 spiro atoms. The average Bonchev–Trinajstić information content (AvgIpc) is 2.79. The van der Waals surface area contributed by atoms with Crippen molar-refractivity contribution >= 4 is 34.2 Å². The largest absolute Gasteiger partial charge is 0.476 e. The second-order valence-electron chi connectivity index (χ2n) is 8.17. The number of benzene rings is 3. The van der Waals surface area contributed by atoms with Crippen molar-refractivity contribution in [2.24, 2.45) is 0 Å². The Morgan fingerprint density at radius 3 is 2.52 bits per heavy atom. The smallest absolute Gasteiger partial charge is 0.262 e. The van der Waals surface area contributed by atoms with Gasteiger partial charge in [0.25, 0.3) is 5.91 Å². The number of carbonyl (C=O) groups is 1. The molecule has 0 bridgehead atoms. The van der Waals surface area contributed by atoms with Crippen molar-refractivity contribution in [2.45, 2.75) is 26.7 Å². The molecule has 1 aromatic heterocycles. The topological polar surface area (TPSA) is 68.5 Å². The summed E-state index contributed by atoms with van der Waals surface area (Å²) < 4.78 is 11.8. The number of aryl methyl sites for hydroxylation is 1. The number of fused-ring (bicyclic) bond motifs is 1. The van der Waals surface area contributed by atoms with E-state index in [9.17, 15) is 9.59 Å². The van der Waals surface area contributed by atoms with Crippen LogP contribution >= 0.6 is 11.6 Å². The Bertz CT molecular complexity index is 1370. The minimum atomic E-state index is -0.367. The molecular weight excluding hydrogens is 438 g/mol. The lowest BCUT2D eigenvalue weighted by Crippen LogP contribution is -2.23. The Morgan fingerprint density at radius 1 is 1.06 bits per heavy atom. The van der Waals surface area contributed by atoms with Gasteiger partial charge in [0.05, 0.1) is 5.39 Å². The highest BCUT2D eigenvalue weighted by molar-refractivity contribution is 6.30. The second-order valence-corrected chi connectivity index (χ2v) is 8.61. The van der Waals surface area contributed by atoms with Crippen LogP contribution < -0.4 is 15.5 Å². The molecule has 0 aliphatic heterocycles. The van der Waals surface area contributed by atoms with Crippen LogP contribution in [0.25, 0.3) is 22.3 Å². The van der Waals surface area contributed by atoms with Crippen LogP contribution in [0.2, 0.25) is 5.02 Å². The molecule has 168 valence electrons. The van der Waals surface area contributed by atoms with Gasteiger partial charge in [-0.25, -0.2) is 0 Å². The summed E-state index contributed by atoms with van der Waals surface area (Å²) >= 11 is 6.02. The van der Waals surface area contributed by atoms with Crippen LogP contribution in [0.3, 0.4) is 0 Å². The lowest BCUT2D eigenvalue weighted by atomic mass is 10.0. The molecule has 0 aliphatic rings. The summed E-state index contributed by atoms with van der Waals surface area (Å²) in [6.07, 6.45) is 0. The standard InChI is InChI=1S/C27H24ClNO4/c1-16(2)20-6-4-5-7-22(20)29-24(30)15-32-27-25(31)21-14-17(3)8-13-23(21)33-26(27)18-9-11-19(28)12-10-18/h4-14,16H,15H2,1-3H3,(H,29,30). The first-order valence-corrected chi connectivity index (χ1v) is 11.1. The van der Waals surface area contributed by atoms with Crippen LogP contribution in [0.1, 0.15) is 30.9 Å². The van der Waals surface area contributed by atoms with E-state index in [0.717, 1.165) is 16.8 Å². The van der Waals surface area contributed by atoms with Crippen LogP contribution in [0.15, 0.2) is 75.9 Å². The maximum atomic E-state index is 13.3. The number of hydrogen-bond acceptors (Lipinski definition) is 4.